The predicted molar refractivity (Wildman–Crippen MR) is 70.1 cm³/mol. The number of hydrogen-bond donors (Lipinski definition) is 0. The molecule has 8 heteroatoms. The number of esters is 1. The molecule has 1 aliphatic heterocycles. The molecule has 1 atom stereocenters. The van der Waals surface area contributed by atoms with Gasteiger partial charge in [-0.3, -0.25) is 4.79 Å². The number of nitrogens with zero attached hydrogens (tertiary/aromatic N) is 6. The topological polar surface area (TPSA) is 85.5 Å². The van der Waals surface area contributed by atoms with Crippen molar-refractivity contribution < 1.29 is 9.53 Å². The van der Waals surface area contributed by atoms with Gasteiger partial charge in [0.05, 0.1) is 12.0 Å². The number of fused-ring (bicyclic) bond motifs is 1. The summed E-state index contributed by atoms with van der Waals surface area (Å²) in [5.41, 5.74) is 0.119. The van der Waals surface area contributed by atoms with Crippen LogP contribution < -0.4 is 4.90 Å². The van der Waals surface area contributed by atoms with Gasteiger partial charge in [0.25, 0.3) is 0 Å². The molecular weight excluding hydrogens is 260 g/mol. The summed E-state index contributed by atoms with van der Waals surface area (Å²) in [5.74, 6) is 0.615. The number of anilines is 1. The molecule has 3 rings (SSSR count). The van der Waals surface area contributed by atoms with Crippen LogP contribution in [0.1, 0.15) is 20.3 Å². The number of aromatic nitrogens is 5. The molecule has 106 valence electrons. The Morgan fingerprint density at radius 3 is 3.15 bits per heavy atom. The van der Waals surface area contributed by atoms with E-state index in [-0.39, 0.29) is 5.97 Å². The van der Waals surface area contributed by atoms with E-state index in [0.717, 1.165) is 18.8 Å². The lowest BCUT2D eigenvalue weighted by Crippen LogP contribution is -2.34. The SMILES string of the molecule is CCOC(=O)C1(C)CCN(c2ccc3nnnn3n2)C1. The summed E-state index contributed by atoms with van der Waals surface area (Å²) in [4.78, 5) is 14.1. The van der Waals surface area contributed by atoms with Crippen LogP contribution in [-0.2, 0) is 9.53 Å². The van der Waals surface area contributed by atoms with Gasteiger partial charge >= 0.3 is 5.97 Å². The molecule has 1 aliphatic rings. The molecule has 8 nitrogen and oxygen atoms in total. The van der Waals surface area contributed by atoms with Crippen molar-refractivity contribution in [1.29, 1.82) is 0 Å². The average Bonchev–Trinajstić information content (AvgIpc) is 3.05. The van der Waals surface area contributed by atoms with Crippen molar-refractivity contribution in [2.75, 3.05) is 24.6 Å². The Kier molecular flexibility index (Phi) is 3.00. The highest BCUT2D eigenvalue weighted by Crippen LogP contribution is 2.33. The standard InChI is InChI=1S/C12H16N6O2/c1-3-20-11(19)12(2)6-7-17(8-12)10-5-4-9-13-15-16-18(9)14-10/h4-5H,3,6-8H2,1-2H3. The van der Waals surface area contributed by atoms with E-state index in [4.69, 9.17) is 4.74 Å². The van der Waals surface area contributed by atoms with E-state index < -0.39 is 5.41 Å². The molecular formula is C12H16N6O2. The number of ether oxygens (including phenoxy) is 1. The highest BCUT2D eigenvalue weighted by Gasteiger charge is 2.42. The summed E-state index contributed by atoms with van der Waals surface area (Å²) < 4.78 is 6.53. The van der Waals surface area contributed by atoms with Crippen LogP contribution in [0.5, 0.6) is 0 Å². The third-order valence-electron chi connectivity index (χ3n) is 3.62. The normalized spacial score (nSPS) is 22.4. The third-order valence-corrected chi connectivity index (χ3v) is 3.62. The van der Waals surface area contributed by atoms with Crippen molar-refractivity contribution in [3.8, 4) is 0 Å². The molecule has 2 aromatic rings. The van der Waals surface area contributed by atoms with Gasteiger partial charge in [-0.25, -0.2) is 0 Å². The highest BCUT2D eigenvalue weighted by atomic mass is 16.5. The maximum absolute atomic E-state index is 12.0. The van der Waals surface area contributed by atoms with Crippen molar-refractivity contribution in [1.82, 2.24) is 25.3 Å². The first kappa shape index (κ1) is 12.8. The maximum Gasteiger partial charge on any atom is 0.313 e. The molecule has 0 amide bonds. The monoisotopic (exact) mass is 276 g/mol. The van der Waals surface area contributed by atoms with E-state index >= 15 is 0 Å². The van der Waals surface area contributed by atoms with Gasteiger partial charge in [0, 0.05) is 13.1 Å². The summed E-state index contributed by atoms with van der Waals surface area (Å²) in [6, 6.07) is 3.67. The van der Waals surface area contributed by atoms with Crippen LogP contribution in [0.25, 0.3) is 5.65 Å². The molecule has 1 unspecified atom stereocenters. The van der Waals surface area contributed by atoms with E-state index in [2.05, 4.69) is 25.5 Å². The second-order valence-corrected chi connectivity index (χ2v) is 5.17. The smallest absolute Gasteiger partial charge is 0.313 e. The van der Waals surface area contributed by atoms with Crippen molar-refractivity contribution in [2.45, 2.75) is 20.3 Å². The predicted octanol–water partition coefficient (Wildman–Crippen LogP) is 0.299. The molecule has 1 fully saturated rings. The lowest BCUT2D eigenvalue weighted by Gasteiger charge is -2.22. The fourth-order valence-corrected chi connectivity index (χ4v) is 2.44. The van der Waals surface area contributed by atoms with Crippen LogP contribution in [0.15, 0.2) is 12.1 Å². The number of rotatable bonds is 3. The van der Waals surface area contributed by atoms with Gasteiger partial charge in [0.2, 0.25) is 0 Å². The molecule has 0 N–H and O–H groups in total. The van der Waals surface area contributed by atoms with E-state index in [0.29, 0.717) is 18.8 Å². The van der Waals surface area contributed by atoms with E-state index in [9.17, 15) is 4.79 Å². The molecule has 1 saturated heterocycles. The van der Waals surface area contributed by atoms with Crippen molar-refractivity contribution in [3.05, 3.63) is 12.1 Å². The highest BCUT2D eigenvalue weighted by molar-refractivity contribution is 5.78. The summed E-state index contributed by atoms with van der Waals surface area (Å²) in [6.07, 6.45) is 0.751. The minimum Gasteiger partial charge on any atom is -0.466 e. The first-order valence-corrected chi connectivity index (χ1v) is 6.60. The Morgan fingerprint density at radius 2 is 2.35 bits per heavy atom. The van der Waals surface area contributed by atoms with Crippen molar-refractivity contribution >= 4 is 17.4 Å². The van der Waals surface area contributed by atoms with Crippen LogP contribution in [0.4, 0.5) is 5.82 Å². The molecule has 0 saturated carbocycles. The summed E-state index contributed by atoms with van der Waals surface area (Å²) in [6.45, 7) is 5.51. The largest absolute Gasteiger partial charge is 0.466 e. The van der Waals surface area contributed by atoms with Crippen molar-refractivity contribution in [2.24, 2.45) is 5.41 Å². The molecule has 0 spiro atoms. The Labute approximate surface area is 115 Å². The van der Waals surface area contributed by atoms with E-state index in [1.165, 1.54) is 4.63 Å². The third kappa shape index (κ3) is 2.06. The van der Waals surface area contributed by atoms with Crippen LogP contribution >= 0.6 is 0 Å². The zero-order valence-corrected chi connectivity index (χ0v) is 11.5. The molecule has 3 heterocycles. The second-order valence-electron chi connectivity index (χ2n) is 5.17. The van der Waals surface area contributed by atoms with E-state index in [1.807, 2.05) is 26.0 Å². The quantitative estimate of drug-likeness (QED) is 0.745. The summed E-state index contributed by atoms with van der Waals surface area (Å²) in [7, 11) is 0. The number of carbonyl (C=O) groups excluding carboxylic acids is 1. The summed E-state index contributed by atoms with van der Waals surface area (Å²) in [5, 5.41) is 15.5. The average molecular weight is 276 g/mol. The zero-order chi connectivity index (χ0) is 14.2. The Balaban J connectivity index is 1.80. The number of tetrazole rings is 1. The first-order valence-electron chi connectivity index (χ1n) is 6.60. The summed E-state index contributed by atoms with van der Waals surface area (Å²) >= 11 is 0. The van der Waals surface area contributed by atoms with Gasteiger partial charge in [-0.1, -0.05) is 0 Å². The molecule has 2 aromatic heterocycles. The number of hydrogen-bond acceptors (Lipinski definition) is 7. The lowest BCUT2D eigenvalue weighted by atomic mass is 9.90. The minimum absolute atomic E-state index is 0.147. The second kappa shape index (κ2) is 4.69. The lowest BCUT2D eigenvalue weighted by molar-refractivity contribution is -0.153. The van der Waals surface area contributed by atoms with E-state index in [1.54, 1.807) is 0 Å². The molecule has 0 radical (unpaired) electrons. The van der Waals surface area contributed by atoms with Crippen molar-refractivity contribution in [3.63, 3.8) is 0 Å². The minimum atomic E-state index is -0.479. The molecule has 0 bridgehead atoms. The number of carbonyl (C=O) groups is 1. The zero-order valence-electron chi connectivity index (χ0n) is 11.5. The van der Waals surface area contributed by atoms with Crippen LogP contribution in [0.2, 0.25) is 0 Å². The van der Waals surface area contributed by atoms with Gasteiger partial charge in [-0.05, 0) is 42.8 Å². The van der Waals surface area contributed by atoms with Gasteiger partial charge in [0.1, 0.15) is 0 Å². The van der Waals surface area contributed by atoms with Crippen LogP contribution in [0.3, 0.4) is 0 Å². The van der Waals surface area contributed by atoms with Crippen LogP contribution in [-0.4, -0.2) is 50.9 Å². The molecule has 0 aromatic carbocycles. The Hall–Kier alpha value is -2.25. The van der Waals surface area contributed by atoms with Gasteiger partial charge < -0.3 is 9.64 Å². The van der Waals surface area contributed by atoms with Gasteiger partial charge in [-0.15, -0.1) is 14.8 Å². The fraction of sp³-hybridized carbons (Fsp3) is 0.583. The Bertz CT molecular complexity index is 642. The van der Waals surface area contributed by atoms with Gasteiger partial charge in [-0.2, -0.15) is 0 Å². The van der Waals surface area contributed by atoms with Crippen LogP contribution in [0, 0.1) is 5.41 Å². The molecule has 20 heavy (non-hydrogen) atoms. The maximum atomic E-state index is 12.0. The Morgan fingerprint density at radius 1 is 1.50 bits per heavy atom. The molecule has 0 aliphatic carbocycles. The fourth-order valence-electron chi connectivity index (χ4n) is 2.44. The van der Waals surface area contributed by atoms with Gasteiger partial charge in [0.15, 0.2) is 11.5 Å². The first-order chi connectivity index (χ1) is 9.62.